The number of pyridine rings is 1. The van der Waals surface area contributed by atoms with Crippen molar-refractivity contribution in [2.45, 2.75) is 44.8 Å². The number of nitrogens with zero attached hydrogens (tertiary/aromatic N) is 2. The molecule has 0 aromatic carbocycles. The third kappa shape index (κ3) is 3.47. The highest BCUT2D eigenvalue weighted by Gasteiger charge is 2.27. The van der Waals surface area contributed by atoms with E-state index < -0.39 is 0 Å². The van der Waals surface area contributed by atoms with Gasteiger partial charge in [-0.25, -0.2) is 0 Å². The maximum Gasteiger partial charge on any atom is 0.272 e. The van der Waals surface area contributed by atoms with Gasteiger partial charge in [-0.2, -0.15) is 0 Å². The lowest BCUT2D eigenvalue weighted by atomic mass is 9.90. The fourth-order valence-electron chi connectivity index (χ4n) is 3.48. The minimum Gasteiger partial charge on any atom is -0.372 e. The first kappa shape index (κ1) is 15.4. The van der Waals surface area contributed by atoms with Gasteiger partial charge in [0, 0.05) is 19.3 Å². The first-order valence-electron chi connectivity index (χ1n) is 8.25. The minimum absolute atomic E-state index is 0.0257. The fourth-order valence-corrected chi connectivity index (χ4v) is 3.48. The Balaban J connectivity index is 1.74. The molecule has 0 saturated carbocycles. The number of nitrogens with one attached hydrogen (secondary N) is 1. The quantitative estimate of drug-likeness (QED) is 0.905. The van der Waals surface area contributed by atoms with Crippen LogP contribution in [0.15, 0.2) is 18.3 Å². The molecule has 0 unspecified atom stereocenters. The summed E-state index contributed by atoms with van der Waals surface area (Å²) < 4.78 is 5.70. The van der Waals surface area contributed by atoms with Crippen molar-refractivity contribution < 1.29 is 9.53 Å². The second-order valence-corrected chi connectivity index (χ2v) is 6.47. The summed E-state index contributed by atoms with van der Waals surface area (Å²) in [5.41, 5.74) is 1.81. The molecule has 1 aromatic heterocycles. The average Bonchev–Trinajstić information content (AvgIpc) is 2.54. The van der Waals surface area contributed by atoms with E-state index in [9.17, 15) is 4.79 Å². The number of morpholine rings is 1. The molecule has 1 amide bonds. The Morgan fingerprint density at radius 2 is 1.95 bits per heavy atom. The molecule has 22 heavy (non-hydrogen) atoms. The predicted molar refractivity (Wildman–Crippen MR) is 85.0 cm³/mol. The van der Waals surface area contributed by atoms with Gasteiger partial charge in [0.15, 0.2) is 0 Å². The van der Waals surface area contributed by atoms with Crippen molar-refractivity contribution in [1.29, 1.82) is 0 Å². The number of hydrogen-bond donors (Lipinski definition) is 1. The van der Waals surface area contributed by atoms with Gasteiger partial charge in [0.25, 0.3) is 5.91 Å². The number of hydrogen-bond acceptors (Lipinski definition) is 4. The van der Waals surface area contributed by atoms with Gasteiger partial charge in [-0.3, -0.25) is 9.78 Å². The molecule has 120 valence electrons. The normalized spacial score (nSPS) is 26.9. The van der Waals surface area contributed by atoms with Crippen LogP contribution in [0.4, 0.5) is 0 Å². The topological polar surface area (TPSA) is 54.5 Å². The highest BCUT2D eigenvalue weighted by Crippen LogP contribution is 2.25. The summed E-state index contributed by atoms with van der Waals surface area (Å²) in [6.45, 7) is 7.40. The van der Waals surface area contributed by atoms with Crippen LogP contribution < -0.4 is 5.32 Å². The van der Waals surface area contributed by atoms with E-state index in [4.69, 9.17) is 4.74 Å². The monoisotopic (exact) mass is 303 g/mol. The molecule has 1 N–H and O–H groups in total. The van der Waals surface area contributed by atoms with Crippen molar-refractivity contribution in [2.24, 2.45) is 0 Å². The van der Waals surface area contributed by atoms with E-state index in [1.807, 2.05) is 24.8 Å². The van der Waals surface area contributed by atoms with Gasteiger partial charge in [-0.05, 0) is 63.4 Å². The average molecular weight is 303 g/mol. The summed E-state index contributed by atoms with van der Waals surface area (Å²) in [4.78, 5) is 18.9. The molecule has 5 nitrogen and oxygen atoms in total. The third-order valence-electron chi connectivity index (χ3n) is 4.52. The van der Waals surface area contributed by atoms with Crippen LogP contribution in [0.2, 0.25) is 0 Å². The molecule has 2 atom stereocenters. The lowest BCUT2D eigenvalue weighted by molar-refractivity contribution is -0.0587. The highest BCUT2D eigenvalue weighted by molar-refractivity contribution is 5.92. The Morgan fingerprint density at radius 3 is 2.64 bits per heavy atom. The van der Waals surface area contributed by atoms with E-state index in [2.05, 4.69) is 16.4 Å². The van der Waals surface area contributed by atoms with Gasteiger partial charge >= 0.3 is 0 Å². The lowest BCUT2D eigenvalue weighted by Gasteiger charge is -2.35. The molecule has 2 aliphatic rings. The van der Waals surface area contributed by atoms with Gasteiger partial charge in [0.1, 0.15) is 5.69 Å². The van der Waals surface area contributed by atoms with Crippen LogP contribution in [-0.4, -0.2) is 54.2 Å². The summed E-state index contributed by atoms with van der Waals surface area (Å²) in [5, 5.41) is 3.38. The number of carbonyl (C=O) groups is 1. The summed E-state index contributed by atoms with van der Waals surface area (Å²) in [7, 11) is 0. The number of amides is 1. The maximum absolute atomic E-state index is 12.7. The summed E-state index contributed by atoms with van der Waals surface area (Å²) in [5.74, 6) is 0.566. The molecule has 1 aromatic rings. The Hall–Kier alpha value is -1.46. The molecular weight excluding hydrogens is 278 g/mol. The van der Waals surface area contributed by atoms with Crippen LogP contribution in [0.3, 0.4) is 0 Å². The van der Waals surface area contributed by atoms with E-state index in [1.165, 1.54) is 5.56 Å². The lowest BCUT2D eigenvalue weighted by Crippen LogP contribution is -2.48. The summed E-state index contributed by atoms with van der Waals surface area (Å²) in [6.07, 6.45) is 4.20. The Bertz CT molecular complexity index is 518. The number of aromatic nitrogens is 1. The van der Waals surface area contributed by atoms with E-state index in [0.29, 0.717) is 24.7 Å². The van der Waals surface area contributed by atoms with E-state index >= 15 is 0 Å². The summed E-state index contributed by atoms with van der Waals surface area (Å²) >= 11 is 0. The fraction of sp³-hybridized carbons (Fsp3) is 0.647. The van der Waals surface area contributed by atoms with Crippen LogP contribution in [0, 0.1) is 0 Å². The van der Waals surface area contributed by atoms with Crippen molar-refractivity contribution in [2.75, 3.05) is 26.2 Å². The Kier molecular flexibility index (Phi) is 4.74. The number of rotatable bonds is 2. The van der Waals surface area contributed by atoms with Crippen molar-refractivity contribution in [3.63, 3.8) is 0 Å². The van der Waals surface area contributed by atoms with Crippen LogP contribution in [-0.2, 0) is 4.74 Å². The largest absolute Gasteiger partial charge is 0.372 e. The number of ether oxygens (including phenoxy) is 1. The van der Waals surface area contributed by atoms with Gasteiger partial charge < -0.3 is 15.0 Å². The highest BCUT2D eigenvalue weighted by atomic mass is 16.5. The molecule has 3 heterocycles. The summed E-state index contributed by atoms with van der Waals surface area (Å²) in [6, 6.07) is 4.04. The minimum atomic E-state index is 0.0257. The second-order valence-electron chi connectivity index (χ2n) is 6.47. The molecular formula is C17H25N3O2. The zero-order valence-electron chi connectivity index (χ0n) is 13.4. The van der Waals surface area contributed by atoms with E-state index in [0.717, 1.165) is 25.9 Å². The molecule has 0 spiro atoms. The SMILES string of the molecule is C[C@@H]1CN(C(=O)c2cc(C3CCNCC3)ccn2)C[C@H](C)O1. The molecule has 0 bridgehead atoms. The molecule has 0 radical (unpaired) electrons. The third-order valence-corrected chi connectivity index (χ3v) is 4.52. The number of piperidine rings is 1. The van der Waals surface area contributed by atoms with E-state index in [1.54, 1.807) is 6.20 Å². The van der Waals surface area contributed by atoms with Gasteiger partial charge in [-0.15, -0.1) is 0 Å². The maximum atomic E-state index is 12.7. The molecule has 2 saturated heterocycles. The first-order valence-corrected chi connectivity index (χ1v) is 8.25. The predicted octanol–water partition coefficient (Wildman–Crippen LogP) is 1.80. The van der Waals surface area contributed by atoms with Gasteiger partial charge in [-0.1, -0.05) is 0 Å². The number of carbonyl (C=O) groups excluding carboxylic acids is 1. The molecule has 2 aliphatic heterocycles. The van der Waals surface area contributed by atoms with Gasteiger partial charge in [0.2, 0.25) is 0 Å². The van der Waals surface area contributed by atoms with Crippen LogP contribution in [0.5, 0.6) is 0 Å². The molecule has 5 heteroatoms. The van der Waals surface area contributed by atoms with Crippen LogP contribution in [0.25, 0.3) is 0 Å². The van der Waals surface area contributed by atoms with Crippen LogP contribution in [0.1, 0.15) is 48.7 Å². The van der Waals surface area contributed by atoms with Crippen molar-refractivity contribution >= 4 is 5.91 Å². The smallest absolute Gasteiger partial charge is 0.272 e. The molecule has 3 rings (SSSR count). The molecule has 2 fully saturated rings. The van der Waals surface area contributed by atoms with Crippen molar-refractivity contribution in [3.05, 3.63) is 29.6 Å². The zero-order valence-corrected chi connectivity index (χ0v) is 13.4. The Labute approximate surface area is 132 Å². The van der Waals surface area contributed by atoms with Crippen LogP contribution >= 0.6 is 0 Å². The first-order chi connectivity index (χ1) is 10.6. The van der Waals surface area contributed by atoms with Crippen molar-refractivity contribution in [1.82, 2.24) is 15.2 Å². The Morgan fingerprint density at radius 1 is 1.27 bits per heavy atom. The zero-order chi connectivity index (χ0) is 15.5. The van der Waals surface area contributed by atoms with Crippen molar-refractivity contribution in [3.8, 4) is 0 Å². The van der Waals surface area contributed by atoms with Gasteiger partial charge in [0.05, 0.1) is 12.2 Å². The standard InChI is InChI=1S/C17H25N3O2/c1-12-10-20(11-13(2)22-12)17(21)16-9-15(5-8-19-16)14-3-6-18-7-4-14/h5,8-9,12-14,18H,3-4,6-7,10-11H2,1-2H3/t12-,13+. The molecule has 0 aliphatic carbocycles. The second kappa shape index (κ2) is 6.75. The van der Waals surface area contributed by atoms with E-state index in [-0.39, 0.29) is 18.1 Å².